The molecule has 0 spiro atoms. The second kappa shape index (κ2) is 9.88. The topological polar surface area (TPSA) is 33.7 Å². The van der Waals surface area contributed by atoms with Crippen molar-refractivity contribution >= 4 is 24.8 Å². The molecular formula is C17H25Cl2F3N2O2. The predicted octanol–water partition coefficient (Wildman–Crippen LogP) is 4.18. The number of rotatable bonds is 5. The number of halogens is 5. The third-order valence-corrected chi connectivity index (χ3v) is 4.89. The summed E-state index contributed by atoms with van der Waals surface area (Å²) in [6.45, 7) is 3.55. The molecule has 9 heteroatoms. The molecule has 2 aliphatic rings. The third kappa shape index (κ3) is 5.55. The van der Waals surface area contributed by atoms with Gasteiger partial charge in [0.05, 0.1) is 7.11 Å². The Bertz CT molecular complexity index is 565. The maximum absolute atomic E-state index is 12.6. The van der Waals surface area contributed by atoms with Crippen LogP contribution in [0, 0.1) is 5.92 Å². The molecule has 1 heterocycles. The van der Waals surface area contributed by atoms with Crippen LogP contribution in [-0.4, -0.2) is 44.6 Å². The molecule has 0 bridgehead atoms. The van der Waals surface area contributed by atoms with E-state index >= 15 is 0 Å². The Morgan fingerprint density at radius 3 is 2.31 bits per heavy atom. The third-order valence-electron chi connectivity index (χ3n) is 4.89. The maximum atomic E-state index is 12.6. The Balaban J connectivity index is 0.00000169. The molecule has 150 valence electrons. The van der Waals surface area contributed by atoms with Gasteiger partial charge in [0, 0.05) is 37.8 Å². The van der Waals surface area contributed by atoms with E-state index in [1.165, 1.54) is 18.6 Å². The summed E-state index contributed by atoms with van der Waals surface area (Å²) in [5, 5.41) is 3.32. The molecule has 1 saturated carbocycles. The number of hydrogen-bond acceptors (Lipinski definition) is 4. The van der Waals surface area contributed by atoms with E-state index in [1.807, 2.05) is 0 Å². The average Bonchev–Trinajstić information content (AvgIpc) is 2.50. The highest BCUT2D eigenvalue weighted by Gasteiger charge is 2.36. The molecule has 1 atom stereocenters. The molecule has 26 heavy (non-hydrogen) atoms. The van der Waals surface area contributed by atoms with Gasteiger partial charge in [-0.2, -0.15) is 0 Å². The highest BCUT2D eigenvalue weighted by Crippen LogP contribution is 2.45. The second-order valence-corrected chi connectivity index (χ2v) is 6.37. The first-order chi connectivity index (χ1) is 11.5. The Hall–Kier alpha value is -0.890. The molecular weight excluding hydrogens is 392 g/mol. The normalized spacial score (nSPS) is 19.5. The average molecular weight is 417 g/mol. The summed E-state index contributed by atoms with van der Waals surface area (Å²) in [4.78, 5) is 2.36. The molecule has 2 fully saturated rings. The number of nitrogens with one attached hydrogen (secondary N) is 1. The van der Waals surface area contributed by atoms with Crippen molar-refractivity contribution in [3.63, 3.8) is 0 Å². The van der Waals surface area contributed by atoms with E-state index in [0.717, 1.165) is 44.6 Å². The van der Waals surface area contributed by atoms with E-state index in [2.05, 4.69) is 15.0 Å². The molecule has 1 aliphatic heterocycles. The fraction of sp³-hybridized carbons (Fsp3) is 0.647. The molecule has 1 aromatic rings. The summed E-state index contributed by atoms with van der Waals surface area (Å²) in [6, 6.07) is 4.46. The summed E-state index contributed by atoms with van der Waals surface area (Å²) in [7, 11) is 1.55. The number of hydrogen-bond donors (Lipinski definition) is 1. The van der Waals surface area contributed by atoms with E-state index in [9.17, 15) is 13.2 Å². The van der Waals surface area contributed by atoms with Crippen LogP contribution in [0.1, 0.15) is 30.9 Å². The Labute approximate surface area is 164 Å². The van der Waals surface area contributed by atoms with Crippen molar-refractivity contribution in [3.8, 4) is 11.5 Å². The van der Waals surface area contributed by atoms with Gasteiger partial charge in [-0.1, -0.05) is 6.42 Å². The van der Waals surface area contributed by atoms with Gasteiger partial charge in [0.2, 0.25) is 0 Å². The molecule has 1 N–H and O–H groups in total. The molecule has 0 unspecified atom stereocenters. The van der Waals surface area contributed by atoms with E-state index in [0.29, 0.717) is 11.7 Å². The number of alkyl halides is 3. The summed E-state index contributed by atoms with van der Waals surface area (Å²) in [5.74, 6) is 0.899. The molecule has 0 radical (unpaired) electrons. The molecule has 3 rings (SSSR count). The quantitative estimate of drug-likeness (QED) is 0.780. The lowest BCUT2D eigenvalue weighted by Gasteiger charge is -2.43. The van der Waals surface area contributed by atoms with Gasteiger partial charge in [0.15, 0.2) is 0 Å². The first-order valence-corrected chi connectivity index (χ1v) is 8.36. The van der Waals surface area contributed by atoms with Crippen molar-refractivity contribution in [2.45, 2.75) is 31.7 Å². The SMILES string of the molecule is COc1ccc(OC(F)(F)F)cc1[C@@H](C1CCC1)N1CCNCC1.Cl.Cl. The second-order valence-electron chi connectivity index (χ2n) is 6.37. The van der Waals surface area contributed by atoms with Crippen molar-refractivity contribution in [1.82, 2.24) is 10.2 Å². The van der Waals surface area contributed by atoms with Crippen molar-refractivity contribution < 1.29 is 22.6 Å². The van der Waals surface area contributed by atoms with Crippen LogP contribution in [-0.2, 0) is 0 Å². The molecule has 1 saturated heterocycles. The van der Waals surface area contributed by atoms with Crippen molar-refractivity contribution in [2.75, 3.05) is 33.3 Å². The van der Waals surface area contributed by atoms with Gasteiger partial charge in [-0.25, -0.2) is 0 Å². The van der Waals surface area contributed by atoms with Crippen LogP contribution in [0.15, 0.2) is 18.2 Å². The number of nitrogens with zero attached hydrogens (tertiary/aromatic N) is 1. The number of piperazine rings is 1. The monoisotopic (exact) mass is 416 g/mol. The zero-order chi connectivity index (χ0) is 17.2. The van der Waals surface area contributed by atoms with Gasteiger partial charge in [-0.05, 0) is 37.0 Å². The minimum absolute atomic E-state index is 0. The molecule has 1 aliphatic carbocycles. The van der Waals surface area contributed by atoms with Gasteiger partial charge in [0.25, 0.3) is 0 Å². The molecule has 0 amide bonds. The van der Waals surface area contributed by atoms with Crippen LogP contribution in [0.5, 0.6) is 11.5 Å². The molecule has 4 nitrogen and oxygen atoms in total. The van der Waals surface area contributed by atoms with Gasteiger partial charge < -0.3 is 14.8 Å². The molecule has 0 aromatic heterocycles. The van der Waals surface area contributed by atoms with E-state index < -0.39 is 6.36 Å². The lowest BCUT2D eigenvalue weighted by Crippen LogP contribution is -2.47. The highest BCUT2D eigenvalue weighted by molar-refractivity contribution is 5.85. The smallest absolute Gasteiger partial charge is 0.496 e. The van der Waals surface area contributed by atoms with Gasteiger partial charge in [-0.3, -0.25) is 4.90 Å². The lowest BCUT2D eigenvalue weighted by molar-refractivity contribution is -0.274. The van der Waals surface area contributed by atoms with E-state index in [4.69, 9.17) is 4.74 Å². The summed E-state index contributed by atoms with van der Waals surface area (Å²) in [6.07, 6.45) is -1.31. The lowest BCUT2D eigenvalue weighted by atomic mass is 9.76. The minimum atomic E-state index is -4.69. The maximum Gasteiger partial charge on any atom is 0.573 e. The Morgan fingerprint density at radius 1 is 1.15 bits per heavy atom. The van der Waals surface area contributed by atoms with Crippen LogP contribution >= 0.6 is 24.8 Å². The first kappa shape index (κ1) is 23.1. The van der Waals surface area contributed by atoms with Gasteiger partial charge in [0.1, 0.15) is 11.5 Å². The molecule has 1 aromatic carbocycles. The first-order valence-electron chi connectivity index (χ1n) is 8.36. The van der Waals surface area contributed by atoms with Crippen LogP contribution in [0.4, 0.5) is 13.2 Å². The largest absolute Gasteiger partial charge is 0.573 e. The van der Waals surface area contributed by atoms with Crippen LogP contribution in [0.3, 0.4) is 0 Å². The standard InChI is InChI=1S/C17H23F3N2O2.2ClH/c1-23-15-6-5-13(24-17(18,19)20)11-14(15)16(12-3-2-4-12)22-9-7-21-8-10-22;;/h5-6,11-12,16,21H,2-4,7-10H2,1H3;2*1H/t16-;;/m1../s1. The van der Waals surface area contributed by atoms with Crippen molar-refractivity contribution in [1.29, 1.82) is 0 Å². The fourth-order valence-corrected chi connectivity index (χ4v) is 3.61. The summed E-state index contributed by atoms with van der Waals surface area (Å²) in [5.41, 5.74) is 0.797. The zero-order valence-corrected chi connectivity index (χ0v) is 16.2. The minimum Gasteiger partial charge on any atom is -0.496 e. The number of methoxy groups -OCH3 is 1. The fourth-order valence-electron chi connectivity index (χ4n) is 3.61. The van der Waals surface area contributed by atoms with Crippen LogP contribution in [0.25, 0.3) is 0 Å². The summed E-state index contributed by atoms with van der Waals surface area (Å²) < 4.78 is 47.3. The van der Waals surface area contributed by atoms with E-state index in [1.54, 1.807) is 13.2 Å². The Kier molecular flexibility index (Phi) is 8.79. The van der Waals surface area contributed by atoms with E-state index in [-0.39, 0.29) is 36.6 Å². The van der Waals surface area contributed by atoms with Gasteiger partial charge >= 0.3 is 6.36 Å². The van der Waals surface area contributed by atoms with Crippen molar-refractivity contribution in [2.24, 2.45) is 5.92 Å². The highest BCUT2D eigenvalue weighted by atomic mass is 35.5. The summed E-state index contributed by atoms with van der Waals surface area (Å²) >= 11 is 0. The zero-order valence-electron chi connectivity index (χ0n) is 14.6. The number of benzene rings is 1. The predicted molar refractivity (Wildman–Crippen MR) is 98.7 cm³/mol. The Morgan fingerprint density at radius 2 is 1.81 bits per heavy atom. The van der Waals surface area contributed by atoms with Crippen LogP contribution < -0.4 is 14.8 Å². The van der Waals surface area contributed by atoms with Crippen molar-refractivity contribution in [3.05, 3.63) is 23.8 Å². The number of ether oxygens (including phenoxy) is 2. The van der Waals surface area contributed by atoms with Gasteiger partial charge in [-0.15, -0.1) is 38.0 Å². The van der Waals surface area contributed by atoms with Crippen LogP contribution in [0.2, 0.25) is 0 Å².